The molecule has 1 aromatic heterocycles. The van der Waals surface area contributed by atoms with Gasteiger partial charge in [0, 0.05) is 11.9 Å². The molecular formula is C19H17N3O4S. The molecular weight excluding hydrogens is 366 g/mol. The van der Waals surface area contributed by atoms with Gasteiger partial charge in [-0.1, -0.05) is 18.2 Å². The third-order valence-electron chi connectivity index (χ3n) is 3.48. The Hall–Kier alpha value is -3.39. The van der Waals surface area contributed by atoms with E-state index in [1.807, 2.05) is 18.2 Å². The van der Waals surface area contributed by atoms with Crippen molar-refractivity contribution in [2.45, 2.75) is 4.90 Å². The second-order valence-corrected chi connectivity index (χ2v) is 7.20. The Morgan fingerprint density at radius 1 is 0.926 bits per heavy atom. The van der Waals surface area contributed by atoms with E-state index in [1.54, 1.807) is 30.5 Å². The molecule has 2 N–H and O–H groups in total. The van der Waals surface area contributed by atoms with Gasteiger partial charge < -0.3 is 10.1 Å². The average molecular weight is 383 g/mol. The molecule has 0 saturated carbocycles. The quantitative estimate of drug-likeness (QED) is 0.654. The molecule has 1 amide bonds. The number of nitrogens with one attached hydrogen (secondary N) is 2. The van der Waals surface area contributed by atoms with Crippen molar-refractivity contribution in [1.82, 2.24) is 4.98 Å². The highest BCUT2D eigenvalue weighted by Crippen LogP contribution is 2.17. The van der Waals surface area contributed by atoms with Crippen LogP contribution in [-0.4, -0.2) is 25.9 Å². The molecule has 0 saturated heterocycles. The highest BCUT2D eigenvalue weighted by Gasteiger charge is 2.14. The maximum atomic E-state index is 12.3. The van der Waals surface area contributed by atoms with Gasteiger partial charge in [-0.05, 0) is 48.5 Å². The number of pyridine rings is 1. The number of carbonyl (C=O) groups excluding carboxylic acids is 1. The van der Waals surface area contributed by atoms with Crippen LogP contribution in [0.2, 0.25) is 0 Å². The van der Waals surface area contributed by atoms with E-state index >= 15 is 0 Å². The van der Waals surface area contributed by atoms with Crippen LogP contribution in [-0.2, 0) is 14.8 Å². The Morgan fingerprint density at radius 3 is 2.33 bits per heavy atom. The number of anilines is 2. The van der Waals surface area contributed by atoms with Crippen LogP contribution >= 0.6 is 0 Å². The molecule has 0 aliphatic heterocycles. The van der Waals surface area contributed by atoms with Crippen molar-refractivity contribution in [2.24, 2.45) is 0 Å². The van der Waals surface area contributed by atoms with Crippen molar-refractivity contribution in [3.63, 3.8) is 0 Å². The summed E-state index contributed by atoms with van der Waals surface area (Å²) in [6, 6.07) is 18.1. The zero-order valence-electron chi connectivity index (χ0n) is 14.2. The first-order chi connectivity index (χ1) is 13.0. The van der Waals surface area contributed by atoms with Gasteiger partial charge in [-0.15, -0.1) is 0 Å². The predicted octanol–water partition coefficient (Wildman–Crippen LogP) is 2.90. The van der Waals surface area contributed by atoms with Crippen molar-refractivity contribution in [3.8, 4) is 5.75 Å². The van der Waals surface area contributed by atoms with Crippen molar-refractivity contribution >= 4 is 27.3 Å². The van der Waals surface area contributed by atoms with Crippen LogP contribution in [0.5, 0.6) is 5.75 Å². The lowest BCUT2D eigenvalue weighted by Crippen LogP contribution is -2.20. The molecule has 0 aliphatic carbocycles. The highest BCUT2D eigenvalue weighted by molar-refractivity contribution is 7.92. The van der Waals surface area contributed by atoms with Crippen LogP contribution in [0.3, 0.4) is 0 Å². The maximum absolute atomic E-state index is 12.3. The first kappa shape index (κ1) is 18.4. The lowest BCUT2D eigenvalue weighted by Gasteiger charge is -2.10. The largest absolute Gasteiger partial charge is 0.484 e. The Balaban J connectivity index is 1.59. The van der Waals surface area contributed by atoms with Gasteiger partial charge in [0.05, 0.1) is 16.8 Å². The Labute approximate surface area is 157 Å². The van der Waals surface area contributed by atoms with E-state index in [9.17, 15) is 13.2 Å². The lowest BCUT2D eigenvalue weighted by molar-refractivity contribution is -0.118. The van der Waals surface area contributed by atoms with Crippen molar-refractivity contribution in [2.75, 3.05) is 16.6 Å². The van der Waals surface area contributed by atoms with Crippen LogP contribution < -0.4 is 14.8 Å². The minimum atomic E-state index is -3.73. The number of aromatic nitrogens is 1. The van der Waals surface area contributed by atoms with E-state index in [2.05, 4.69) is 15.0 Å². The molecule has 3 rings (SSSR count). The molecule has 0 aliphatic rings. The number of rotatable bonds is 7. The monoisotopic (exact) mass is 383 g/mol. The number of hydrogen-bond acceptors (Lipinski definition) is 5. The zero-order valence-corrected chi connectivity index (χ0v) is 15.0. The summed E-state index contributed by atoms with van der Waals surface area (Å²) in [5, 5.41) is 2.65. The molecule has 0 fully saturated rings. The average Bonchev–Trinajstić information content (AvgIpc) is 2.68. The Bertz CT molecular complexity index is 992. The van der Waals surface area contributed by atoms with E-state index in [4.69, 9.17) is 4.74 Å². The zero-order chi connectivity index (χ0) is 19.1. The first-order valence-electron chi connectivity index (χ1n) is 8.03. The number of amides is 1. The number of para-hydroxylation sites is 1. The summed E-state index contributed by atoms with van der Waals surface area (Å²) in [5.74, 6) is 0.249. The summed E-state index contributed by atoms with van der Waals surface area (Å²) in [6.45, 7) is -0.146. The molecule has 138 valence electrons. The number of sulfonamides is 1. The molecule has 0 unspecified atom stereocenters. The minimum absolute atomic E-state index is 0.0740. The molecule has 1 heterocycles. The van der Waals surface area contributed by atoms with Gasteiger partial charge in [0.1, 0.15) is 5.75 Å². The summed E-state index contributed by atoms with van der Waals surface area (Å²) < 4.78 is 32.5. The summed E-state index contributed by atoms with van der Waals surface area (Å²) in [6.07, 6.45) is 2.97. The molecule has 7 nitrogen and oxygen atoms in total. The number of ether oxygens (including phenoxy) is 1. The van der Waals surface area contributed by atoms with Crippen LogP contribution in [0.15, 0.2) is 84.0 Å². The molecule has 0 radical (unpaired) electrons. The van der Waals surface area contributed by atoms with Gasteiger partial charge >= 0.3 is 0 Å². The fourth-order valence-electron chi connectivity index (χ4n) is 2.22. The normalized spacial score (nSPS) is 10.8. The van der Waals surface area contributed by atoms with E-state index in [0.717, 1.165) is 0 Å². The van der Waals surface area contributed by atoms with Gasteiger partial charge in [-0.2, -0.15) is 0 Å². The summed E-state index contributed by atoms with van der Waals surface area (Å²) in [5.41, 5.74) is 0.838. The molecule has 0 spiro atoms. The van der Waals surface area contributed by atoms with Crippen molar-refractivity contribution < 1.29 is 17.9 Å². The fraction of sp³-hybridized carbons (Fsp3) is 0.0526. The molecule has 0 atom stereocenters. The van der Waals surface area contributed by atoms with Crippen LogP contribution in [0.25, 0.3) is 0 Å². The Morgan fingerprint density at radius 2 is 1.67 bits per heavy atom. The van der Waals surface area contributed by atoms with Crippen molar-refractivity contribution in [3.05, 3.63) is 79.1 Å². The van der Waals surface area contributed by atoms with E-state index in [-0.39, 0.29) is 17.4 Å². The molecule has 2 aromatic carbocycles. The third-order valence-corrected chi connectivity index (χ3v) is 4.87. The second-order valence-electron chi connectivity index (χ2n) is 5.52. The van der Waals surface area contributed by atoms with E-state index < -0.39 is 10.0 Å². The maximum Gasteiger partial charge on any atom is 0.262 e. The Kier molecular flexibility index (Phi) is 5.68. The minimum Gasteiger partial charge on any atom is -0.484 e. The van der Waals surface area contributed by atoms with E-state index in [1.165, 1.54) is 30.5 Å². The summed E-state index contributed by atoms with van der Waals surface area (Å²) in [7, 11) is -3.73. The second kappa shape index (κ2) is 8.33. The standard InChI is InChI=1S/C19H17N3O4S/c23-19(14-26-17-6-2-1-3-7-17)21-15-8-10-18(11-9-15)27(24,25)22-16-5-4-12-20-13-16/h1-13,22H,14H2,(H,21,23). The smallest absolute Gasteiger partial charge is 0.262 e. The van der Waals surface area contributed by atoms with Gasteiger partial charge in [-0.25, -0.2) is 8.42 Å². The molecule has 8 heteroatoms. The third kappa shape index (κ3) is 5.29. The number of hydrogen-bond donors (Lipinski definition) is 2. The van der Waals surface area contributed by atoms with Gasteiger partial charge in [0.15, 0.2) is 6.61 Å². The predicted molar refractivity (Wildman–Crippen MR) is 102 cm³/mol. The summed E-state index contributed by atoms with van der Waals surface area (Å²) in [4.78, 5) is 15.9. The lowest BCUT2D eigenvalue weighted by atomic mass is 10.3. The topological polar surface area (TPSA) is 97.4 Å². The molecule has 27 heavy (non-hydrogen) atoms. The van der Waals surface area contributed by atoms with Crippen LogP contribution in [0.1, 0.15) is 0 Å². The highest BCUT2D eigenvalue weighted by atomic mass is 32.2. The summed E-state index contributed by atoms with van der Waals surface area (Å²) >= 11 is 0. The van der Waals surface area contributed by atoms with Gasteiger partial charge in [-0.3, -0.25) is 14.5 Å². The number of nitrogens with zero attached hydrogens (tertiary/aromatic N) is 1. The fourth-order valence-corrected chi connectivity index (χ4v) is 3.26. The van der Waals surface area contributed by atoms with Crippen LogP contribution in [0.4, 0.5) is 11.4 Å². The number of carbonyl (C=O) groups is 1. The molecule has 3 aromatic rings. The van der Waals surface area contributed by atoms with Crippen molar-refractivity contribution in [1.29, 1.82) is 0 Å². The SMILES string of the molecule is O=C(COc1ccccc1)Nc1ccc(S(=O)(=O)Nc2cccnc2)cc1. The van der Waals surface area contributed by atoms with E-state index in [0.29, 0.717) is 17.1 Å². The molecule has 0 bridgehead atoms. The van der Waals surface area contributed by atoms with Crippen LogP contribution in [0, 0.1) is 0 Å². The number of benzene rings is 2. The van der Waals surface area contributed by atoms with Gasteiger partial charge in [0.25, 0.3) is 15.9 Å². The van der Waals surface area contributed by atoms with Gasteiger partial charge in [0.2, 0.25) is 0 Å². The first-order valence-corrected chi connectivity index (χ1v) is 9.52.